The minimum absolute atomic E-state index is 0.181. The summed E-state index contributed by atoms with van der Waals surface area (Å²) in [5.74, 6) is -0.340. The third-order valence-electron chi connectivity index (χ3n) is 2.93. The van der Waals surface area contributed by atoms with Crippen LogP contribution in [0.5, 0.6) is 5.88 Å². The van der Waals surface area contributed by atoms with Crippen molar-refractivity contribution in [1.82, 2.24) is 4.98 Å². The summed E-state index contributed by atoms with van der Waals surface area (Å²) in [7, 11) is 0. The van der Waals surface area contributed by atoms with Gasteiger partial charge >= 0.3 is 0 Å². The van der Waals surface area contributed by atoms with Crippen LogP contribution < -0.4 is 16.0 Å². The predicted octanol–water partition coefficient (Wildman–Crippen LogP) is 1.03. The van der Waals surface area contributed by atoms with Gasteiger partial charge in [0.25, 0.3) is 5.56 Å². The summed E-state index contributed by atoms with van der Waals surface area (Å²) in [6, 6.07) is 8.74. The smallest absolute Gasteiger partial charge is 0.251 e. The highest BCUT2D eigenvalue weighted by molar-refractivity contribution is 6.01. The van der Waals surface area contributed by atoms with Crippen LogP contribution in [0.25, 0.3) is 11.1 Å². The monoisotopic (exact) mass is 242 g/mol. The number of carbonyl (C=O) groups excluding carboxylic acids is 1. The summed E-state index contributed by atoms with van der Waals surface area (Å²) in [6.07, 6.45) is 0. The summed E-state index contributed by atoms with van der Waals surface area (Å²) in [5, 5.41) is 0. The van der Waals surface area contributed by atoms with E-state index in [4.69, 9.17) is 10.5 Å². The van der Waals surface area contributed by atoms with E-state index in [0.717, 1.165) is 11.1 Å². The Morgan fingerprint density at radius 2 is 2.11 bits per heavy atom. The maximum Gasteiger partial charge on any atom is 0.251 e. The van der Waals surface area contributed by atoms with Gasteiger partial charge in [-0.25, -0.2) is 0 Å². The fraction of sp³-hybridized carbons (Fsp3) is 0.0769. The van der Waals surface area contributed by atoms with E-state index in [1.807, 2.05) is 24.3 Å². The van der Waals surface area contributed by atoms with E-state index in [9.17, 15) is 9.59 Å². The van der Waals surface area contributed by atoms with Crippen molar-refractivity contribution in [3.63, 3.8) is 0 Å². The van der Waals surface area contributed by atoms with Gasteiger partial charge in [0, 0.05) is 6.07 Å². The van der Waals surface area contributed by atoms with Crippen LogP contribution in [0.15, 0.2) is 35.1 Å². The fourth-order valence-corrected chi connectivity index (χ4v) is 2.15. The first-order chi connectivity index (χ1) is 8.66. The van der Waals surface area contributed by atoms with E-state index in [1.54, 1.807) is 0 Å². The van der Waals surface area contributed by atoms with Crippen LogP contribution in [0.4, 0.5) is 0 Å². The van der Waals surface area contributed by atoms with E-state index >= 15 is 0 Å². The van der Waals surface area contributed by atoms with E-state index in [2.05, 4.69) is 4.98 Å². The van der Waals surface area contributed by atoms with Gasteiger partial charge in [-0.05, 0) is 11.1 Å². The Kier molecular flexibility index (Phi) is 2.19. The molecular formula is C13H10N2O3. The Hall–Kier alpha value is -2.56. The van der Waals surface area contributed by atoms with Crippen molar-refractivity contribution in [2.24, 2.45) is 5.73 Å². The highest BCUT2D eigenvalue weighted by Gasteiger charge is 2.23. The topological polar surface area (TPSA) is 85.2 Å². The lowest BCUT2D eigenvalue weighted by Gasteiger charge is -2.21. The molecule has 0 saturated carbocycles. The molecule has 2 aromatic rings. The van der Waals surface area contributed by atoms with Crippen LogP contribution in [-0.2, 0) is 6.61 Å². The summed E-state index contributed by atoms with van der Waals surface area (Å²) < 4.78 is 5.46. The van der Waals surface area contributed by atoms with Crippen molar-refractivity contribution < 1.29 is 9.53 Å². The summed E-state index contributed by atoms with van der Waals surface area (Å²) in [4.78, 5) is 25.5. The third-order valence-corrected chi connectivity index (χ3v) is 2.93. The predicted molar refractivity (Wildman–Crippen MR) is 65.3 cm³/mol. The number of H-pyrrole nitrogens is 1. The molecule has 0 radical (unpaired) electrons. The Morgan fingerprint density at radius 1 is 1.33 bits per heavy atom. The van der Waals surface area contributed by atoms with Crippen molar-refractivity contribution in [3.8, 4) is 17.0 Å². The molecule has 2 heterocycles. The number of rotatable bonds is 1. The largest absolute Gasteiger partial charge is 0.474 e. The highest BCUT2D eigenvalue weighted by Crippen LogP contribution is 2.37. The minimum atomic E-state index is -0.641. The molecule has 1 aromatic carbocycles. The van der Waals surface area contributed by atoms with Gasteiger partial charge in [-0.2, -0.15) is 0 Å². The summed E-state index contributed by atoms with van der Waals surface area (Å²) in [5.41, 5.74) is 7.48. The molecule has 1 amide bonds. The lowest BCUT2D eigenvalue weighted by atomic mass is 9.95. The molecule has 3 rings (SSSR count). The van der Waals surface area contributed by atoms with Crippen LogP contribution in [0.3, 0.4) is 0 Å². The number of aromatic amines is 1. The van der Waals surface area contributed by atoms with Crippen molar-refractivity contribution >= 4 is 5.91 Å². The highest BCUT2D eigenvalue weighted by atomic mass is 16.5. The molecule has 5 nitrogen and oxygen atoms in total. The van der Waals surface area contributed by atoms with Gasteiger partial charge < -0.3 is 10.5 Å². The number of pyridine rings is 1. The molecule has 0 saturated heterocycles. The second-order valence-corrected chi connectivity index (χ2v) is 4.06. The zero-order chi connectivity index (χ0) is 12.7. The standard InChI is InChI=1S/C13H10N2O3/c14-12(17)9-5-10(16)15-13-11(9)8-4-2-1-3-7(8)6-18-13/h1-5H,6H2,(H2,14,17)(H,15,16). The molecular weight excluding hydrogens is 232 g/mol. The molecule has 90 valence electrons. The van der Waals surface area contributed by atoms with Crippen molar-refractivity contribution in [2.75, 3.05) is 0 Å². The molecule has 1 aromatic heterocycles. The van der Waals surface area contributed by atoms with Crippen molar-refractivity contribution in [1.29, 1.82) is 0 Å². The lowest BCUT2D eigenvalue weighted by Crippen LogP contribution is -2.21. The third kappa shape index (κ3) is 1.48. The van der Waals surface area contributed by atoms with E-state index in [0.29, 0.717) is 18.1 Å². The second-order valence-electron chi connectivity index (χ2n) is 4.06. The molecule has 0 fully saturated rings. The van der Waals surface area contributed by atoms with E-state index in [-0.39, 0.29) is 5.56 Å². The molecule has 0 aliphatic carbocycles. The number of hydrogen-bond acceptors (Lipinski definition) is 3. The average molecular weight is 242 g/mol. The molecule has 1 aliphatic rings. The molecule has 0 spiro atoms. The van der Waals surface area contributed by atoms with Crippen molar-refractivity contribution in [3.05, 3.63) is 51.8 Å². The zero-order valence-corrected chi connectivity index (χ0v) is 9.40. The molecule has 0 atom stereocenters. The SMILES string of the molecule is NC(=O)c1cc(=O)[nH]c2c1-c1ccccc1CO2. The number of fused-ring (bicyclic) bond motifs is 3. The van der Waals surface area contributed by atoms with Crippen LogP contribution in [0.1, 0.15) is 15.9 Å². The van der Waals surface area contributed by atoms with Crippen LogP contribution in [0, 0.1) is 0 Å². The normalized spacial score (nSPS) is 12.2. The summed E-state index contributed by atoms with van der Waals surface area (Å²) >= 11 is 0. The number of carbonyl (C=O) groups is 1. The maximum atomic E-state index is 11.4. The van der Waals surface area contributed by atoms with Gasteiger partial charge in [-0.3, -0.25) is 14.6 Å². The number of aromatic nitrogens is 1. The number of nitrogens with two attached hydrogens (primary N) is 1. The molecule has 0 unspecified atom stereocenters. The Balaban J connectivity index is 2.38. The zero-order valence-electron chi connectivity index (χ0n) is 9.40. The van der Waals surface area contributed by atoms with Crippen LogP contribution in [0.2, 0.25) is 0 Å². The summed E-state index contributed by atoms with van der Waals surface area (Å²) in [6.45, 7) is 0.362. The van der Waals surface area contributed by atoms with E-state index in [1.165, 1.54) is 6.07 Å². The Labute approximate surface area is 102 Å². The van der Waals surface area contributed by atoms with Gasteiger partial charge in [0.05, 0.1) is 11.1 Å². The van der Waals surface area contributed by atoms with Gasteiger partial charge in [-0.1, -0.05) is 24.3 Å². The Bertz CT molecular complexity index is 704. The second kappa shape index (κ2) is 3.73. The molecule has 18 heavy (non-hydrogen) atoms. The Morgan fingerprint density at radius 3 is 2.89 bits per heavy atom. The number of primary amides is 1. The number of nitrogens with one attached hydrogen (secondary N) is 1. The average Bonchev–Trinajstić information content (AvgIpc) is 2.37. The van der Waals surface area contributed by atoms with Crippen LogP contribution in [-0.4, -0.2) is 10.9 Å². The molecule has 0 bridgehead atoms. The fourth-order valence-electron chi connectivity index (χ4n) is 2.15. The molecule has 3 N–H and O–H groups in total. The van der Waals surface area contributed by atoms with Gasteiger partial charge in [0.15, 0.2) is 0 Å². The molecule has 5 heteroatoms. The first-order valence-electron chi connectivity index (χ1n) is 5.45. The minimum Gasteiger partial charge on any atom is -0.474 e. The van der Waals surface area contributed by atoms with E-state index < -0.39 is 11.5 Å². The maximum absolute atomic E-state index is 11.4. The van der Waals surface area contributed by atoms with Gasteiger partial charge in [0.2, 0.25) is 11.8 Å². The molecule has 1 aliphatic heterocycles. The number of amides is 1. The first kappa shape index (κ1) is 10.6. The number of ether oxygens (including phenoxy) is 1. The van der Waals surface area contributed by atoms with Crippen LogP contribution >= 0.6 is 0 Å². The first-order valence-corrected chi connectivity index (χ1v) is 5.45. The number of hydrogen-bond donors (Lipinski definition) is 2. The van der Waals surface area contributed by atoms with Crippen molar-refractivity contribution in [2.45, 2.75) is 6.61 Å². The van der Waals surface area contributed by atoms with Gasteiger partial charge in [-0.15, -0.1) is 0 Å². The number of benzene rings is 1. The van der Waals surface area contributed by atoms with Gasteiger partial charge in [0.1, 0.15) is 6.61 Å². The lowest BCUT2D eigenvalue weighted by molar-refractivity contribution is 0.1000. The quantitative estimate of drug-likeness (QED) is 0.783.